The minimum atomic E-state index is -3.55. The summed E-state index contributed by atoms with van der Waals surface area (Å²) in [5.41, 5.74) is 1.13. The van der Waals surface area contributed by atoms with Gasteiger partial charge < -0.3 is 10.2 Å². The molecule has 0 bridgehead atoms. The zero-order valence-corrected chi connectivity index (χ0v) is 19.8. The largest absolute Gasteiger partial charge is 0.355 e. The van der Waals surface area contributed by atoms with Gasteiger partial charge in [-0.05, 0) is 23.8 Å². The van der Waals surface area contributed by atoms with E-state index in [2.05, 4.69) is 35.9 Å². The topological polar surface area (TPSA) is 86.7 Å². The Bertz CT molecular complexity index is 849. The lowest BCUT2D eigenvalue weighted by molar-refractivity contribution is 0.476. The first kappa shape index (κ1) is 23.8. The lowest BCUT2D eigenvalue weighted by atomic mass is 10.2. The molecule has 0 aliphatic carbocycles. The second kappa shape index (κ2) is 11.6. The molecular weight excluding hydrogens is 545 g/mol. The molecule has 2 N–H and O–H groups in total. The van der Waals surface area contributed by atoms with Crippen LogP contribution in [0.5, 0.6) is 0 Å². The van der Waals surface area contributed by atoms with Crippen LogP contribution in [0.2, 0.25) is 0 Å². The Balaban J connectivity index is 0.00000364. The van der Waals surface area contributed by atoms with Crippen molar-refractivity contribution in [2.75, 3.05) is 27.2 Å². The first-order valence-corrected chi connectivity index (χ1v) is 10.3. The van der Waals surface area contributed by atoms with Crippen LogP contribution >= 0.6 is 39.9 Å². The summed E-state index contributed by atoms with van der Waals surface area (Å²) in [6.45, 7) is 1.31. The summed E-state index contributed by atoms with van der Waals surface area (Å²) in [5.74, 6) is 0.682. The van der Waals surface area contributed by atoms with Gasteiger partial charge in [-0.3, -0.25) is 9.98 Å². The van der Waals surface area contributed by atoms with Gasteiger partial charge >= 0.3 is 0 Å². The van der Waals surface area contributed by atoms with Crippen molar-refractivity contribution in [3.05, 3.63) is 58.8 Å². The van der Waals surface area contributed by atoms with Crippen LogP contribution in [0.1, 0.15) is 5.56 Å². The van der Waals surface area contributed by atoms with Gasteiger partial charge in [0.1, 0.15) is 4.90 Å². The fourth-order valence-corrected chi connectivity index (χ4v) is 3.70. The summed E-state index contributed by atoms with van der Waals surface area (Å²) in [6, 6.07) is 11.1. The molecule has 0 amide bonds. The van der Waals surface area contributed by atoms with E-state index in [4.69, 9.17) is 0 Å². The number of hydrogen-bond donors (Lipinski definition) is 2. The standard InChI is InChI=1S/C17H22BrN5O2S.HI/c1-19-17(23(2)13-14-6-3-4-8-16(14)18)21-10-11-22-26(24,25)15-7-5-9-20-12-15;/h3-9,12,22H,10-11,13H2,1-2H3,(H,19,21);1H. The number of sulfonamides is 1. The fourth-order valence-electron chi connectivity index (χ4n) is 2.29. The van der Waals surface area contributed by atoms with Crippen LogP contribution in [0.3, 0.4) is 0 Å². The number of rotatable bonds is 7. The lowest BCUT2D eigenvalue weighted by Gasteiger charge is -2.22. The maximum atomic E-state index is 12.1. The molecule has 0 saturated heterocycles. The first-order valence-electron chi connectivity index (χ1n) is 7.99. The van der Waals surface area contributed by atoms with Gasteiger partial charge in [-0.15, -0.1) is 24.0 Å². The Morgan fingerprint density at radius 2 is 1.96 bits per heavy atom. The van der Waals surface area contributed by atoms with E-state index in [0.29, 0.717) is 19.0 Å². The van der Waals surface area contributed by atoms with Gasteiger partial charge in [0.25, 0.3) is 0 Å². The van der Waals surface area contributed by atoms with E-state index in [9.17, 15) is 8.42 Å². The normalized spacial score (nSPS) is 11.6. The average Bonchev–Trinajstić information content (AvgIpc) is 2.64. The maximum Gasteiger partial charge on any atom is 0.242 e. The van der Waals surface area contributed by atoms with E-state index >= 15 is 0 Å². The lowest BCUT2D eigenvalue weighted by Crippen LogP contribution is -2.42. The van der Waals surface area contributed by atoms with Crippen molar-refractivity contribution in [2.45, 2.75) is 11.4 Å². The number of guanidine groups is 1. The average molecular weight is 568 g/mol. The van der Waals surface area contributed by atoms with Gasteiger partial charge in [0.15, 0.2) is 5.96 Å². The molecule has 0 saturated carbocycles. The van der Waals surface area contributed by atoms with Crippen LogP contribution < -0.4 is 10.0 Å². The van der Waals surface area contributed by atoms with Crippen LogP contribution in [0.15, 0.2) is 63.2 Å². The molecule has 0 atom stereocenters. The molecule has 7 nitrogen and oxygen atoms in total. The molecule has 0 aliphatic heterocycles. The molecule has 1 heterocycles. The number of aromatic nitrogens is 1. The molecule has 2 aromatic rings. The quantitative estimate of drug-likeness (QED) is 0.232. The van der Waals surface area contributed by atoms with E-state index in [1.54, 1.807) is 13.1 Å². The SMILES string of the molecule is CN=C(NCCNS(=O)(=O)c1cccnc1)N(C)Cc1ccccc1Br.I. The molecule has 27 heavy (non-hydrogen) atoms. The van der Waals surface area contributed by atoms with E-state index in [1.165, 1.54) is 18.5 Å². The third-order valence-corrected chi connectivity index (χ3v) is 5.80. The molecule has 2 rings (SSSR count). The van der Waals surface area contributed by atoms with Crippen LogP contribution in [0.25, 0.3) is 0 Å². The number of halogens is 2. The van der Waals surface area contributed by atoms with E-state index in [1.807, 2.05) is 36.2 Å². The minimum Gasteiger partial charge on any atom is -0.355 e. The Morgan fingerprint density at radius 3 is 2.59 bits per heavy atom. The molecule has 148 valence electrons. The molecule has 0 radical (unpaired) electrons. The summed E-state index contributed by atoms with van der Waals surface area (Å²) < 4.78 is 27.8. The van der Waals surface area contributed by atoms with E-state index in [-0.39, 0.29) is 35.4 Å². The molecule has 1 aromatic carbocycles. The summed E-state index contributed by atoms with van der Waals surface area (Å²) in [6.07, 6.45) is 2.85. The number of nitrogens with zero attached hydrogens (tertiary/aromatic N) is 3. The van der Waals surface area contributed by atoms with E-state index in [0.717, 1.165) is 10.0 Å². The first-order chi connectivity index (χ1) is 12.4. The maximum absolute atomic E-state index is 12.1. The van der Waals surface area contributed by atoms with Crippen molar-refractivity contribution in [1.29, 1.82) is 0 Å². The highest BCUT2D eigenvalue weighted by molar-refractivity contribution is 14.0. The zero-order valence-electron chi connectivity index (χ0n) is 15.1. The van der Waals surface area contributed by atoms with Crippen molar-refractivity contribution >= 4 is 55.9 Å². The summed E-state index contributed by atoms with van der Waals surface area (Å²) in [4.78, 5) is 10.2. The highest BCUT2D eigenvalue weighted by Gasteiger charge is 2.13. The zero-order chi connectivity index (χ0) is 19.0. The second-order valence-corrected chi connectivity index (χ2v) is 8.13. The predicted molar refractivity (Wildman–Crippen MR) is 122 cm³/mol. The highest BCUT2D eigenvalue weighted by Crippen LogP contribution is 2.17. The Hall–Kier alpha value is -1.24. The molecule has 1 aromatic heterocycles. The number of aliphatic imine (C=N–C) groups is 1. The molecule has 0 unspecified atom stereocenters. The molecule has 0 aliphatic rings. The predicted octanol–water partition coefficient (Wildman–Crippen LogP) is 2.45. The number of pyridine rings is 1. The van der Waals surface area contributed by atoms with Gasteiger partial charge in [-0.25, -0.2) is 13.1 Å². The molecule has 10 heteroatoms. The van der Waals surface area contributed by atoms with Crippen molar-refractivity contribution in [1.82, 2.24) is 19.9 Å². The molecule has 0 spiro atoms. The van der Waals surface area contributed by atoms with Crippen LogP contribution in [-0.2, 0) is 16.6 Å². The monoisotopic (exact) mass is 567 g/mol. The van der Waals surface area contributed by atoms with Crippen molar-refractivity contribution < 1.29 is 8.42 Å². The van der Waals surface area contributed by atoms with Crippen LogP contribution in [0.4, 0.5) is 0 Å². The third-order valence-electron chi connectivity index (χ3n) is 3.58. The fraction of sp³-hybridized carbons (Fsp3) is 0.294. The summed E-state index contributed by atoms with van der Waals surface area (Å²) in [5, 5.41) is 3.15. The van der Waals surface area contributed by atoms with Gasteiger partial charge in [-0.2, -0.15) is 0 Å². The Kier molecular flexibility index (Phi) is 10.2. The minimum absolute atomic E-state index is 0. The van der Waals surface area contributed by atoms with Gasteiger partial charge in [0.2, 0.25) is 10.0 Å². The van der Waals surface area contributed by atoms with Crippen molar-refractivity contribution in [3.63, 3.8) is 0 Å². The van der Waals surface area contributed by atoms with Crippen molar-refractivity contribution in [3.8, 4) is 0 Å². The van der Waals surface area contributed by atoms with Gasteiger partial charge in [0, 0.05) is 50.6 Å². The smallest absolute Gasteiger partial charge is 0.242 e. The van der Waals surface area contributed by atoms with E-state index < -0.39 is 10.0 Å². The van der Waals surface area contributed by atoms with Crippen LogP contribution in [0, 0.1) is 0 Å². The summed E-state index contributed by atoms with van der Waals surface area (Å²) >= 11 is 3.53. The summed E-state index contributed by atoms with van der Waals surface area (Å²) in [7, 11) is 0.0668. The second-order valence-electron chi connectivity index (χ2n) is 5.51. The van der Waals surface area contributed by atoms with Crippen molar-refractivity contribution in [2.24, 2.45) is 4.99 Å². The number of hydrogen-bond acceptors (Lipinski definition) is 4. The third kappa shape index (κ3) is 7.35. The Labute approximate surface area is 185 Å². The van der Waals surface area contributed by atoms with Gasteiger partial charge in [-0.1, -0.05) is 34.1 Å². The Morgan fingerprint density at radius 1 is 1.22 bits per heavy atom. The molecular formula is C17H23BrIN5O2S. The van der Waals surface area contributed by atoms with Crippen LogP contribution in [-0.4, -0.2) is 51.4 Å². The molecule has 0 fully saturated rings. The van der Waals surface area contributed by atoms with Gasteiger partial charge in [0.05, 0.1) is 0 Å². The highest BCUT2D eigenvalue weighted by atomic mass is 127. The number of benzene rings is 1. The number of nitrogens with one attached hydrogen (secondary N) is 2.